The van der Waals surface area contributed by atoms with Crippen molar-refractivity contribution >= 4 is 16.2 Å². The second kappa shape index (κ2) is 11.4. The quantitative estimate of drug-likeness (QED) is 0.392. The van der Waals surface area contributed by atoms with Gasteiger partial charge in [-0.3, -0.25) is 4.55 Å². The van der Waals surface area contributed by atoms with Crippen molar-refractivity contribution in [2.75, 3.05) is 6.54 Å². The maximum atomic E-state index is 11.5. The van der Waals surface area contributed by atoms with Crippen molar-refractivity contribution in [1.29, 1.82) is 0 Å². The highest BCUT2D eigenvalue weighted by molar-refractivity contribution is 7.85. The lowest BCUT2D eigenvalue weighted by atomic mass is 10.0. The van der Waals surface area contributed by atoms with E-state index < -0.39 is 15.7 Å². The van der Waals surface area contributed by atoms with Crippen LogP contribution in [0.25, 0.3) is 0 Å². The van der Waals surface area contributed by atoms with Crippen LogP contribution in [-0.4, -0.2) is 31.2 Å². The summed E-state index contributed by atoms with van der Waals surface area (Å²) < 4.78 is 37.4. The molecule has 0 spiro atoms. The summed E-state index contributed by atoms with van der Waals surface area (Å²) in [7, 11) is -4.17. The molecule has 0 bridgehead atoms. The minimum absolute atomic E-state index is 0.0237. The smallest absolute Gasteiger partial charge is 0.407 e. The summed E-state index contributed by atoms with van der Waals surface area (Å²) in [5.41, 5.74) is 1.21. The molecule has 2 N–H and O–H groups in total. The number of carbonyl (C=O) groups is 1. The predicted octanol–water partition coefficient (Wildman–Crippen LogP) is 5.04. The maximum Gasteiger partial charge on any atom is 0.407 e. The number of hydrogen-bond acceptors (Lipinski definition) is 4. The van der Waals surface area contributed by atoms with E-state index in [4.69, 9.17) is 4.74 Å². The van der Waals surface area contributed by atoms with Crippen molar-refractivity contribution in [2.45, 2.75) is 89.6 Å². The highest BCUT2D eigenvalue weighted by atomic mass is 32.2. The van der Waals surface area contributed by atoms with Crippen LogP contribution in [0.15, 0.2) is 23.1 Å². The molecule has 1 aromatic rings. The summed E-state index contributed by atoms with van der Waals surface area (Å²) in [5.74, 6) is 0. The molecule has 7 heteroatoms. The van der Waals surface area contributed by atoms with Crippen LogP contribution in [0, 0.1) is 6.92 Å². The average molecular weight is 414 g/mol. The Morgan fingerprint density at radius 3 is 2.18 bits per heavy atom. The Kier molecular flexibility index (Phi) is 9.96. The highest BCUT2D eigenvalue weighted by Crippen LogP contribution is 2.20. The fourth-order valence-corrected chi connectivity index (χ4v) is 3.72. The van der Waals surface area contributed by atoms with E-state index in [9.17, 15) is 17.8 Å². The number of benzene rings is 1. The lowest BCUT2D eigenvalue weighted by molar-refractivity contribution is 0.0527. The molecule has 6 nitrogen and oxygen atoms in total. The first-order valence-corrected chi connectivity index (χ1v) is 11.5. The van der Waals surface area contributed by atoms with E-state index in [1.807, 2.05) is 33.8 Å². The zero-order chi connectivity index (χ0) is 21.2. The molecule has 0 unspecified atom stereocenters. The third kappa shape index (κ3) is 10.7. The monoisotopic (exact) mass is 413 g/mol. The van der Waals surface area contributed by atoms with Gasteiger partial charge in [0.25, 0.3) is 10.1 Å². The first-order valence-electron chi connectivity index (χ1n) is 10.0. The van der Waals surface area contributed by atoms with Gasteiger partial charge in [0.2, 0.25) is 0 Å². The van der Waals surface area contributed by atoms with Crippen LogP contribution in [0.3, 0.4) is 0 Å². The van der Waals surface area contributed by atoms with Crippen LogP contribution in [0.5, 0.6) is 0 Å². The number of ether oxygens (including phenoxy) is 1. The summed E-state index contributed by atoms with van der Waals surface area (Å²) in [6.07, 6.45) is 7.50. The normalized spacial score (nSPS) is 12.0. The largest absolute Gasteiger partial charge is 0.444 e. The van der Waals surface area contributed by atoms with Gasteiger partial charge in [-0.15, -0.1) is 0 Å². The van der Waals surface area contributed by atoms with E-state index in [2.05, 4.69) is 5.32 Å². The van der Waals surface area contributed by atoms with Crippen LogP contribution < -0.4 is 5.32 Å². The van der Waals surface area contributed by atoms with Crippen molar-refractivity contribution in [3.8, 4) is 0 Å². The van der Waals surface area contributed by atoms with Crippen LogP contribution in [0.2, 0.25) is 0 Å². The molecule has 0 atom stereocenters. The first-order chi connectivity index (χ1) is 13.0. The van der Waals surface area contributed by atoms with Gasteiger partial charge in [0.05, 0.1) is 4.90 Å². The van der Waals surface area contributed by atoms with Crippen molar-refractivity contribution in [1.82, 2.24) is 5.32 Å². The van der Waals surface area contributed by atoms with Crippen LogP contribution in [0.1, 0.15) is 76.8 Å². The summed E-state index contributed by atoms with van der Waals surface area (Å²) >= 11 is 0. The fourth-order valence-electron chi connectivity index (χ4n) is 2.98. The molecule has 1 aromatic carbocycles. The van der Waals surface area contributed by atoms with E-state index in [0.29, 0.717) is 18.5 Å². The zero-order valence-corrected chi connectivity index (χ0v) is 18.4. The summed E-state index contributed by atoms with van der Waals surface area (Å²) in [4.78, 5) is 11.5. The first kappa shape index (κ1) is 24.4. The molecule has 160 valence electrons. The Balaban J connectivity index is 2.13. The molecule has 0 aliphatic carbocycles. The average Bonchev–Trinajstić information content (AvgIpc) is 2.53. The van der Waals surface area contributed by atoms with Crippen molar-refractivity contribution < 1.29 is 22.5 Å². The molecule has 1 rings (SSSR count). The number of unbranched alkanes of at least 4 members (excludes halogenated alkanes) is 6. The number of aryl methyl sites for hydroxylation is 2. The zero-order valence-electron chi connectivity index (χ0n) is 17.6. The third-order valence-corrected chi connectivity index (χ3v) is 5.24. The Morgan fingerprint density at radius 2 is 1.61 bits per heavy atom. The molecular weight excluding hydrogens is 378 g/mol. The van der Waals surface area contributed by atoms with Crippen LogP contribution in [-0.2, 0) is 21.3 Å². The topological polar surface area (TPSA) is 92.7 Å². The van der Waals surface area contributed by atoms with Crippen molar-refractivity contribution in [3.63, 3.8) is 0 Å². The summed E-state index contributed by atoms with van der Waals surface area (Å²) in [6, 6.07) is 5.01. The van der Waals surface area contributed by atoms with Gasteiger partial charge in [-0.2, -0.15) is 8.42 Å². The van der Waals surface area contributed by atoms with E-state index in [1.165, 1.54) is 6.07 Å². The maximum absolute atomic E-state index is 11.5. The van der Waals surface area contributed by atoms with Gasteiger partial charge >= 0.3 is 6.09 Å². The molecule has 0 aromatic heterocycles. The molecule has 0 saturated heterocycles. The predicted molar refractivity (Wildman–Crippen MR) is 111 cm³/mol. The Hall–Kier alpha value is -1.60. The number of amides is 1. The van der Waals surface area contributed by atoms with Gasteiger partial charge in [0.15, 0.2) is 0 Å². The number of nitrogens with one attached hydrogen (secondary N) is 1. The van der Waals surface area contributed by atoms with Crippen molar-refractivity contribution in [3.05, 3.63) is 29.3 Å². The number of carbonyl (C=O) groups excluding carboxylic acids is 1. The minimum Gasteiger partial charge on any atom is -0.444 e. The Morgan fingerprint density at radius 1 is 1.04 bits per heavy atom. The molecule has 0 fully saturated rings. The molecule has 1 amide bonds. The van der Waals surface area contributed by atoms with Gasteiger partial charge in [-0.05, 0) is 58.6 Å². The van der Waals surface area contributed by atoms with Gasteiger partial charge in [0.1, 0.15) is 5.60 Å². The van der Waals surface area contributed by atoms with Crippen LogP contribution in [0.4, 0.5) is 4.79 Å². The Bertz CT molecular complexity index is 723. The lowest BCUT2D eigenvalue weighted by Crippen LogP contribution is -2.32. The number of alkyl carbamates (subject to hydrolysis) is 1. The van der Waals surface area contributed by atoms with Crippen molar-refractivity contribution in [2.24, 2.45) is 0 Å². The van der Waals surface area contributed by atoms with Gasteiger partial charge in [-0.25, -0.2) is 4.79 Å². The van der Waals surface area contributed by atoms with Gasteiger partial charge in [0, 0.05) is 6.54 Å². The lowest BCUT2D eigenvalue weighted by Gasteiger charge is -2.19. The number of rotatable bonds is 11. The van der Waals surface area contributed by atoms with E-state index in [-0.39, 0.29) is 11.0 Å². The SMILES string of the molecule is Cc1ccc(S(=O)(=O)O)c(CCCCCCCCCNC(=O)OC(C)(C)C)c1. The van der Waals surface area contributed by atoms with Gasteiger partial charge < -0.3 is 10.1 Å². The standard InChI is InChI=1S/C21H35NO5S/c1-17-13-14-19(28(24,25)26)18(16-17)12-10-8-6-5-7-9-11-15-22-20(23)27-21(2,3)4/h13-14,16H,5-12,15H2,1-4H3,(H,22,23)(H,24,25,26). The molecule has 0 aliphatic rings. The minimum atomic E-state index is -4.17. The molecule has 0 saturated carbocycles. The second-order valence-corrected chi connectivity index (χ2v) is 9.63. The van der Waals surface area contributed by atoms with E-state index in [0.717, 1.165) is 50.5 Å². The van der Waals surface area contributed by atoms with Crippen LogP contribution >= 0.6 is 0 Å². The van der Waals surface area contributed by atoms with Gasteiger partial charge in [-0.1, -0.05) is 49.8 Å². The highest BCUT2D eigenvalue weighted by Gasteiger charge is 2.16. The Labute approximate surface area is 169 Å². The summed E-state index contributed by atoms with van der Waals surface area (Å²) in [5, 5.41) is 2.76. The molecular formula is C21H35NO5S. The molecule has 0 heterocycles. The second-order valence-electron chi connectivity index (χ2n) is 8.24. The molecule has 0 radical (unpaired) electrons. The third-order valence-electron chi connectivity index (χ3n) is 4.29. The van der Waals surface area contributed by atoms with E-state index >= 15 is 0 Å². The molecule has 28 heavy (non-hydrogen) atoms. The fraction of sp³-hybridized carbons (Fsp3) is 0.667. The van der Waals surface area contributed by atoms with E-state index in [1.54, 1.807) is 6.07 Å². The summed E-state index contributed by atoms with van der Waals surface area (Å²) in [6.45, 7) is 8.06. The number of hydrogen-bond donors (Lipinski definition) is 2. The molecule has 0 aliphatic heterocycles.